The van der Waals surface area contributed by atoms with Crippen molar-refractivity contribution < 1.29 is 23.9 Å². The molecule has 0 saturated carbocycles. The Labute approximate surface area is 167 Å². The lowest BCUT2D eigenvalue weighted by Gasteiger charge is -2.15. The first-order chi connectivity index (χ1) is 13.3. The predicted octanol–water partition coefficient (Wildman–Crippen LogP) is 3.29. The second-order valence-corrected chi connectivity index (χ2v) is 6.70. The number of nitrogens with zero attached hydrogens (tertiary/aromatic N) is 1. The number of nitrogens with one attached hydrogen (secondary N) is 1. The van der Waals surface area contributed by atoms with Gasteiger partial charge in [0.15, 0.2) is 0 Å². The molecule has 1 heterocycles. The van der Waals surface area contributed by atoms with Gasteiger partial charge < -0.3 is 14.8 Å². The molecule has 28 heavy (non-hydrogen) atoms. The van der Waals surface area contributed by atoms with E-state index in [-0.39, 0.29) is 24.8 Å². The molecule has 0 fully saturated rings. The second-order valence-electron chi connectivity index (χ2n) is 6.30. The van der Waals surface area contributed by atoms with E-state index in [2.05, 4.69) is 5.32 Å². The number of halogens is 1. The summed E-state index contributed by atoms with van der Waals surface area (Å²) < 4.78 is 10.4. The van der Waals surface area contributed by atoms with Gasteiger partial charge in [0, 0.05) is 25.1 Å². The zero-order chi connectivity index (χ0) is 20.4. The Morgan fingerprint density at radius 1 is 1.04 bits per heavy atom. The first-order valence-corrected chi connectivity index (χ1v) is 8.91. The van der Waals surface area contributed by atoms with E-state index in [9.17, 15) is 14.4 Å². The largest absolute Gasteiger partial charge is 0.495 e. The number of amides is 3. The van der Waals surface area contributed by atoms with Gasteiger partial charge in [-0.2, -0.15) is 0 Å². The van der Waals surface area contributed by atoms with Crippen LogP contribution in [0.5, 0.6) is 11.5 Å². The van der Waals surface area contributed by atoms with Crippen LogP contribution in [0.25, 0.3) is 0 Å². The number of carbonyl (C=O) groups excluding carboxylic acids is 3. The molecule has 0 radical (unpaired) electrons. The average molecular weight is 403 g/mol. The van der Waals surface area contributed by atoms with Crippen molar-refractivity contribution in [3.05, 3.63) is 52.0 Å². The molecule has 0 spiro atoms. The average Bonchev–Trinajstić information content (AvgIpc) is 2.90. The topological polar surface area (TPSA) is 84.9 Å². The van der Waals surface area contributed by atoms with Crippen molar-refractivity contribution in [1.29, 1.82) is 0 Å². The lowest BCUT2D eigenvalue weighted by Crippen LogP contribution is -2.32. The number of methoxy groups -OCH3 is 2. The SMILES string of the molecule is COc1cc(NC(=O)CCN2C(=O)c3ccc(C)cc3C2=O)c(OC)cc1Cl. The molecule has 146 valence electrons. The van der Waals surface area contributed by atoms with Crippen LogP contribution in [-0.2, 0) is 4.79 Å². The van der Waals surface area contributed by atoms with Crippen LogP contribution in [0.2, 0.25) is 5.02 Å². The molecule has 2 aromatic carbocycles. The van der Waals surface area contributed by atoms with Crippen LogP contribution in [-0.4, -0.2) is 43.4 Å². The van der Waals surface area contributed by atoms with Gasteiger partial charge in [-0.1, -0.05) is 23.2 Å². The van der Waals surface area contributed by atoms with Crippen molar-refractivity contribution in [2.24, 2.45) is 0 Å². The summed E-state index contributed by atoms with van der Waals surface area (Å²) in [4.78, 5) is 38.4. The van der Waals surface area contributed by atoms with E-state index in [4.69, 9.17) is 21.1 Å². The molecule has 7 nitrogen and oxygen atoms in total. The third-order valence-corrected chi connectivity index (χ3v) is 4.73. The summed E-state index contributed by atoms with van der Waals surface area (Å²) in [6.07, 6.45) is -0.0570. The van der Waals surface area contributed by atoms with Crippen LogP contribution in [0.1, 0.15) is 32.7 Å². The van der Waals surface area contributed by atoms with Gasteiger partial charge in [-0.05, 0) is 19.1 Å². The van der Waals surface area contributed by atoms with Crippen LogP contribution >= 0.6 is 11.6 Å². The van der Waals surface area contributed by atoms with E-state index in [0.717, 1.165) is 10.5 Å². The predicted molar refractivity (Wildman–Crippen MR) is 104 cm³/mol. The Morgan fingerprint density at radius 3 is 2.39 bits per heavy atom. The lowest BCUT2D eigenvalue weighted by atomic mass is 10.1. The normalized spacial score (nSPS) is 12.8. The highest BCUT2D eigenvalue weighted by atomic mass is 35.5. The van der Waals surface area contributed by atoms with E-state index in [0.29, 0.717) is 33.3 Å². The molecule has 0 unspecified atom stereocenters. The molecule has 1 aliphatic rings. The first-order valence-electron chi connectivity index (χ1n) is 8.54. The smallest absolute Gasteiger partial charge is 0.261 e. The van der Waals surface area contributed by atoms with Gasteiger partial charge in [0.2, 0.25) is 5.91 Å². The number of fused-ring (bicyclic) bond motifs is 1. The molecular formula is C20H19ClN2O5. The molecular weight excluding hydrogens is 384 g/mol. The second kappa shape index (κ2) is 7.90. The molecule has 1 N–H and O–H groups in total. The summed E-state index contributed by atoms with van der Waals surface area (Å²) in [5, 5.41) is 3.04. The standard InChI is InChI=1S/C20H19ClN2O5/c1-11-4-5-12-13(8-11)20(26)23(19(12)25)7-6-18(24)22-15-10-16(27-2)14(21)9-17(15)28-3/h4-5,8-10H,6-7H2,1-3H3,(H,22,24). The van der Waals surface area contributed by atoms with Crippen LogP contribution in [0, 0.1) is 6.92 Å². The van der Waals surface area contributed by atoms with Gasteiger partial charge in [0.25, 0.3) is 11.8 Å². The van der Waals surface area contributed by atoms with Crippen molar-refractivity contribution in [2.45, 2.75) is 13.3 Å². The molecule has 0 aromatic heterocycles. The Hall–Kier alpha value is -3.06. The van der Waals surface area contributed by atoms with Crippen molar-refractivity contribution in [3.63, 3.8) is 0 Å². The van der Waals surface area contributed by atoms with Crippen LogP contribution in [0.15, 0.2) is 30.3 Å². The van der Waals surface area contributed by atoms with Gasteiger partial charge in [-0.25, -0.2) is 0 Å². The fourth-order valence-corrected chi connectivity index (χ4v) is 3.22. The Morgan fingerprint density at radius 2 is 1.71 bits per heavy atom. The third-order valence-electron chi connectivity index (χ3n) is 4.44. The molecule has 2 aromatic rings. The van der Waals surface area contributed by atoms with Crippen molar-refractivity contribution in [2.75, 3.05) is 26.1 Å². The molecule has 0 atom stereocenters. The quantitative estimate of drug-likeness (QED) is 0.749. The highest BCUT2D eigenvalue weighted by Gasteiger charge is 2.35. The van der Waals surface area contributed by atoms with Crippen molar-refractivity contribution in [3.8, 4) is 11.5 Å². The molecule has 3 amide bonds. The summed E-state index contributed by atoms with van der Waals surface area (Å²) in [5.41, 5.74) is 2.00. The number of rotatable bonds is 6. The molecule has 8 heteroatoms. The molecule has 3 rings (SSSR count). The van der Waals surface area contributed by atoms with Crippen molar-refractivity contribution >= 4 is 35.0 Å². The van der Waals surface area contributed by atoms with E-state index in [1.54, 1.807) is 24.3 Å². The number of anilines is 1. The Bertz CT molecular complexity index is 973. The summed E-state index contributed by atoms with van der Waals surface area (Å²) >= 11 is 6.05. The zero-order valence-corrected chi connectivity index (χ0v) is 16.4. The maximum atomic E-state index is 12.5. The highest BCUT2D eigenvalue weighted by Crippen LogP contribution is 2.36. The summed E-state index contributed by atoms with van der Waals surface area (Å²) in [6.45, 7) is 1.83. The van der Waals surface area contributed by atoms with Crippen LogP contribution in [0.4, 0.5) is 5.69 Å². The minimum absolute atomic E-state index is 0.0235. The summed E-state index contributed by atoms with van der Waals surface area (Å²) in [6, 6.07) is 8.17. The maximum Gasteiger partial charge on any atom is 0.261 e. The van der Waals surface area contributed by atoms with Crippen molar-refractivity contribution in [1.82, 2.24) is 4.90 Å². The molecule has 0 bridgehead atoms. The number of imide groups is 1. The van der Waals surface area contributed by atoms with Crippen LogP contribution in [0.3, 0.4) is 0 Å². The van der Waals surface area contributed by atoms with E-state index < -0.39 is 5.91 Å². The van der Waals surface area contributed by atoms with Gasteiger partial charge in [-0.3, -0.25) is 19.3 Å². The monoisotopic (exact) mass is 402 g/mol. The van der Waals surface area contributed by atoms with E-state index in [1.165, 1.54) is 20.3 Å². The van der Waals surface area contributed by atoms with Gasteiger partial charge in [0.05, 0.1) is 36.1 Å². The van der Waals surface area contributed by atoms with Gasteiger partial charge >= 0.3 is 0 Å². The Balaban J connectivity index is 1.69. The fraction of sp³-hybridized carbons (Fsp3) is 0.250. The summed E-state index contributed by atoms with van der Waals surface area (Å²) in [5.74, 6) is -0.403. The first kappa shape index (κ1) is 19.7. The third kappa shape index (κ3) is 3.66. The molecule has 0 aliphatic carbocycles. The van der Waals surface area contributed by atoms with Gasteiger partial charge in [-0.15, -0.1) is 0 Å². The minimum Gasteiger partial charge on any atom is -0.495 e. The number of hydrogen-bond acceptors (Lipinski definition) is 5. The number of benzene rings is 2. The highest BCUT2D eigenvalue weighted by molar-refractivity contribution is 6.32. The number of carbonyl (C=O) groups is 3. The van der Waals surface area contributed by atoms with E-state index >= 15 is 0 Å². The van der Waals surface area contributed by atoms with Crippen LogP contribution < -0.4 is 14.8 Å². The lowest BCUT2D eigenvalue weighted by molar-refractivity contribution is -0.116. The zero-order valence-electron chi connectivity index (χ0n) is 15.7. The minimum atomic E-state index is -0.390. The maximum absolute atomic E-state index is 12.5. The van der Waals surface area contributed by atoms with Gasteiger partial charge in [0.1, 0.15) is 11.5 Å². The fourth-order valence-electron chi connectivity index (χ4n) is 2.99. The summed E-state index contributed by atoms with van der Waals surface area (Å²) in [7, 11) is 2.91. The van der Waals surface area contributed by atoms with E-state index in [1.807, 2.05) is 6.92 Å². The molecule has 0 saturated heterocycles. The number of hydrogen-bond donors (Lipinski definition) is 1. The number of aryl methyl sites for hydroxylation is 1. The molecule has 1 aliphatic heterocycles. The number of ether oxygens (including phenoxy) is 2. The Kier molecular flexibility index (Phi) is 5.56.